The van der Waals surface area contributed by atoms with Crippen LogP contribution in [0, 0.1) is 11.8 Å². The van der Waals surface area contributed by atoms with Crippen molar-refractivity contribution in [1.29, 1.82) is 0 Å². The smallest absolute Gasteiger partial charge is 0.123 e. The zero-order valence-electron chi connectivity index (χ0n) is 24.8. The van der Waals surface area contributed by atoms with Crippen LogP contribution in [-0.4, -0.2) is 68.8 Å². The van der Waals surface area contributed by atoms with Crippen LogP contribution in [0.4, 0.5) is 0 Å². The molecule has 0 radical (unpaired) electrons. The van der Waals surface area contributed by atoms with E-state index in [1.54, 1.807) is 14.2 Å². The fourth-order valence-corrected chi connectivity index (χ4v) is 7.34. The number of nitrogens with one attached hydrogen (secondary N) is 1. The van der Waals surface area contributed by atoms with Gasteiger partial charge in [0.05, 0.1) is 14.2 Å². The molecule has 0 aliphatic carbocycles. The second kappa shape index (κ2) is 13.7. The number of piperidine rings is 3. The number of rotatable bonds is 13. The lowest BCUT2D eigenvalue weighted by molar-refractivity contribution is -0.0419. The molecule has 1 N–H and O–H groups in total. The molecule has 3 heterocycles. The highest BCUT2D eigenvalue weighted by Crippen LogP contribution is 2.45. The Morgan fingerprint density at radius 1 is 0.900 bits per heavy atom. The summed E-state index contributed by atoms with van der Waals surface area (Å²) in [6.07, 6.45) is 2.51. The summed E-state index contributed by atoms with van der Waals surface area (Å²) in [7, 11) is 3.49. The maximum Gasteiger partial charge on any atom is 0.123 e. The highest BCUT2D eigenvalue weighted by Gasteiger charge is 2.50. The minimum absolute atomic E-state index is 0.304. The average molecular weight is 542 g/mol. The van der Waals surface area contributed by atoms with Gasteiger partial charge >= 0.3 is 0 Å². The van der Waals surface area contributed by atoms with E-state index in [-0.39, 0.29) is 0 Å². The van der Waals surface area contributed by atoms with Crippen molar-refractivity contribution in [3.05, 3.63) is 95.6 Å². The summed E-state index contributed by atoms with van der Waals surface area (Å²) in [5.74, 6) is 3.41. The molecule has 6 rings (SSSR count). The van der Waals surface area contributed by atoms with E-state index in [9.17, 15) is 0 Å². The number of methoxy groups -OCH3 is 2. The molecule has 1 unspecified atom stereocenters. The molecule has 0 spiro atoms. The van der Waals surface area contributed by atoms with E-state index in [0.29, 0.717) is 29.8 Å². The Morgan fingerprint density at radius 2 is 1.57 bits per heavy atom. The minimum Gasteiger partial charge on any atom is -0.497 e. The second-order valence-electron chi connectivity index (χ2n) is 11.4. The van der Waals surface area contributed by atoms with Crippen LogP contribution in [0.1, 0.15) is 49.3 Å². The van der Waals surface area contributed by atoms with Gasteiger partial charge in [0.1, 0.15) is 11.5 Å². The molecule has 3 fully saturated rings. The Kier molecular flexibility index (Phi) is 9.79. The largest absolute Gasteiger partial charge is 0.497 e. The van der Waals surface area contributed by atoms with E-state index in [2.05, 4.69) is 95.7 Å². The van der Waals surface area contributed by atoms with E-state index < -0.39 is 0 Å². The minimum atomic E-state index is 0.304. The summed E-state index contributed by atoms with van der Waals surface area (Å²) in [5.41, 5.74) is 3.95. The molecule has 3 aromatic rings. The standard InChI is InChI=1S/C35H47N3O2/c1-5-37(6-2)21-19-28-25-38-22-20-31(28)34(36-24-29-23-30(39-3)17-18-32(29)40-4)35(38)33(26-13-9-7-10-14-26)27-15-11-8-12-16-27/h7-18,23,28,31,33-36H,5-6,19-22,24-25H2,1-4H3/t28-,31+,34-,35+/m1/s1. The van der Waals surface area contributed by atoms with Crippen LogP contribution in [0.5, 0.6) is 11.5 Å². The normalized spacial score (nSPS) is 24.0. The summed E-state index contributed by atoms with van der Waals surface area (Å²) in [5, 5.41) is 4.12. The van der Waals surface area contributed by atoms with Crippen molar-refractivity contribution in [2.75, 3.05) is 46.9 Å². The molecule has 5 heteroatoms. The molecule has 5 nitrogen and oxygen atoms in total. The Balaban J connectivity index is 1.49. The van der Waals surface area contributed by atoms with E-state index in [1.807, 2.05) is 12.1 Å². The third kappa shape index (κ3) is 6.22. The van der Waals surface area contributed by atoms with Crippen molar-refractivity contribution < 1.29 is 9.47 Å². The molecule has 3 aliphatic heterocycles. The maximum absolute atomic E-state index is 5.76. The predicted octanol–water partition coefficient (Wildman–Crippen LogP) is 6.05. The van der Waals surface area contributed by atoms with Crippen molar-refractivity contribution >= 4 is 0 Å². The van der Waals surface area contributed by atoms with Gasteiger partial charge in [-0.25, -0.2) is 0 Å². The Hall–Kier alpha value is -2.86. The number of fused-ring (bicyclic) bond motifs is 3. The highest BCUT2D eigenvalue weighted by atomic mass is 16.5. The molecular weight excluding hydrogens is 494 g/mol. The Labute approximate surface area is 241 Å². The number of ether oxygens (including phenoxy) is 2. The third-order valence-electron chi connectivity index (χ3n) is 9.46. The number of hydrogen-bond acceptors (Lipinski definition) is 5. The first-order valence-corrected chi connectivity index (χ1v) is 15.2. The number of nitrogens with zero attached hydrogens (tertiary/aromatic N) is 2. The van der Waals surface area contributed by atoms with Crippen LogP contribution in [0.15, 0.2) is 78.9 Å². The van der Waals surface area contributed by atoms with E-state index in [4.69, 9.17) is 9.47 Å². The Morgan fingerprint density at radius 3 is 2.17 bits per heavy atom. The molecule has 0 aromatic heterocycles. The third-order valence-corrected chi connectivity index (χ3v) is 9.46. The van der Waals surface area contributed by atoms with Gasteiger partial charge in [-0.2, -0.15) is 0 Å². The summed E-state index contributed by atoms with van der Waals surface area (Å²) in [6, 6.07) is 29.2. The van der Waals surface area contributed by atoms with E-state index >= 15 is 0 Å². The van der Waals surface area contributed by atoms with Crippen molar-refractivity contribution in [2.24, 2.45) is 11.8 Å². The van der Waals surface area contributed by atoms with Crippen molar-refractivity contribution in [3.8, 4) is 11.5 Å². The average Bonchev–Trinajstić information content (AvgIpc) is 3.02. The topological polar surface area (TPSA) is 37.0 Å². The first kappa shape index (κ1) is 28.7. The van der Waals surface area contributed by atoms with E-state index in [1.165, 1.54) is 43.6 Å². The SMILES string of the molecule is CCN(CC)CC[C@@H]1CN2CC[C@@H]1[C@@H](NCc1cc(OC)ccc1OC)[C@@H]2C(c1ccccc1)c1ccccc1. The van der Waals surface area contributed by atoms with Crippen LogP contribution >= 0.6 is 0 Å². The maximum atomic E-state index is 5.76. The molecule has 214 valence electrons. The van der Waals surface area contributed by atoms with Crippen molar-refractivity contribution in [3.63, 3.8) is 0 Å². The summed E-state index contributed by atoms with van der Waals surface area (Å²) in [4.78, 5) is 5.40. The molecule has 3 saturated heterocycles. The number of hydrogen-bond donors (Lipinski definition) is 1. The zero-order valence-corrected chi connectivity index (χ0v) is 24.8. The fraction of sp³-hybridized carbons (Fsp3) is 0.486. The zero-order chi connectivity index (χ0) is 27.9. The van der Waals surface area contributed by atoms with Crippen LogP contribution < -0.4 is 14.8 Å². The van der Waals surface area contributed by atoms with Crippen LogP contribution in [0.3, 0.4) is 0 Å². The van der Waals surface area contributed by atoms with Gasteiger partial charge in [-0.05, 0) is 80.2 Å². The van der Waals surface area contributed by atoms with Gasteiger partial charge in [-0.15, -0.1) is 0 Å². The van der Waals surface area contributed by atoms with Crippen LogP contribution in [0.25, 0.3) is 0 Å². The summed E-state index contributed by atoms with van der Waals surface area (Å²) < 4.78 is 11.3. The lowest BCUT2D eigenvalue weighted by atomic mass is 9.66. The molecule has 0 saturated carbocycles. The van der Waals surface area contributed by atoms with Gasteiger partial charge in [0.25, 0.3) is 0 Å². The van der Waals surface area contributed by atoms with Gasteiger partial charge in [-0.1, -0.05) is 74.5 Å². The molecule has 40 heavy (non-hydrogen) atoms. The first-order chi connectivity index (χ1) is 19.7. The molecule has 3 aromatic carbocycles. The predicted molar refractivity (Wildman–Crippen MR) is 164 cm³/mol. The monoisotopic (exact) mass is 541 g/mol. The fourth-order valence-electron chi connectivity index (χ4n) is 7.34. The van der Waals surface area contributed by atoms with Gasteiger partial charge in [0.2, 0.25) is 0 Å². The first-order valence-electron chi connectivity index (χ1n) is 15.2. The van der Waals surface area contributed by atoms with Gasteiger partial charge in [-0.3, -0.25) is 4.90 Å². The van der Waals surface area contributed by atoms with E-state index in [0.717, 1.165) is 36.7 Å². The molecule has 5 atom stereocenters. The summed E-state index contributed by atoms with van der Waals surface area (Å²) in [6.45, 7) is 11.1. The van der Waals surface area contributed by atoms with Crippen LogP contribution in [-0.2, 0) is 6.54 Å². The molecule has 3 aliphatic rings. The quantitative estimate of drug-likeness (QED) is 0.285. The van der Waals surface area contributed by atoms with Crippen molar-refractivity contribution in [1.82, 2.24) is 15.1 Å². The summed E-state index contributed by atoms with van der Waals surface area (Å²) >= 11 is 0. The van der Waals surface area contributed by atoms with Gasteiger partial charge in [0.15, 0.2) is 0 Å². The highest BCUT2D eigenvalue weighted by molar-refractivity contribution is 5.41. The van der Waals surface area contributed by atoms with Gasteiger partial charge in [0, 0.05) is 36.7 Å². The lowest BCUT2D eigenvalue weighted by Crippen LogP contribution is -2.67. The van der Waals surface area contributed by atoms with Crippen LogP contribution in [0.2, 0.25) is 0 Å². The van der Waals surface area contributed by atoms with Crippen molar-refractivity contribution in [2.45, 2.75) is 51.2 Å². The lowest BCUT2D eigenvalue weighted by Gasteiger charge is -2.57. The van der Waals surface area contributed by atoms with Gasteiger partial charge < -0.3 is 19.7 Å². The Bertz CT molecular complexity index is 1140. The number of benzene rings is 3. The molecular formula is C35H47N3O2. The second-order valence-corrected chi connectivity index (χ2v) is 11.4. The molecule has 2 bridgehead atoms. The molecule has 0 amide bonds.